The number of hydrogen-bond donors (Lipinski definition) is 1. The highest BCUT2D eigenvalue weighted by atomic mass is 79.9. The summed E-state index contributed by atoms with van der Waals surface area (Å²) in [5.74, 6) is 1.67. The third-order valence-electron chi connectivity index (χ3n) is 3.21. The predicted octanol–water partition coefficient (Wildman–Crippen LogP) is 3.98. The lowest BCUT2D eigenvalue weighted by Crippen LogP contribution is -2.22. The molecule has 0 spiro atoms. The molecule has 1 aromatic heterocycles. The smallest absolute Gasteiger partial charge is 0.161 e. The summed E-state index contributed by atoms with van der Waals surface area (Å²) in [6, 6.07) is 8.43. The molecule has 20 heavy (non-hydrogen) atoms. The van der Waals surface area contributed by atoms with Gasteiger partial charge in [-0.25, -0.2) is 0 Å². The fourth-order valence-electron chi connectivity index (χ4n) is 2.32. The summed E-state index contributed by atoms with van der Waals surface area (Å²) in [6.45, 7) is 4.26. The quantitative estimate of drug-likeness (QED) is 0.901. The van der Waals surface area contributed by atoms with Crippen molar-refractivity contribution in [3.8, 4) is 11.5 Å². The maximum absolute atomic E-state index is 5.68. The highest BCUT2D eigenvalue weighted by molar-refractivity contribution is 9.10. The van der Waals surface area contributed by atoms with Crippen LogP contribution in [-0.4, -0.2) is 19.8 Å². The van der Waals surface area contributed by atoms with Gasteiger partial charge in [-0.1, -0.05) is 13.0 Å². The molecule has 2 aromatic rings. The number of hydrogen-bond acceptors (Lipinski definition) is 4. The van der Waals surface area contributed by atoms with Crippen molar-refractivity contribution in [2.24, 2.45) is 0 Å². The first-order chi connectivity index (χ1) is 9.79. The molecule has 1 aliphatic rings. The van der Waals surface area contributed by atoms with E-state index in [2.05, 4.69) is 51.7 Å². The summed E-state index contributed by atoms with van der Waals surface area (Å²) in [5, 5.41) is 5.63. The normalized spacial score (nSPS) is 15.1. The molecule has 3 nitrogen and oxygen atoms in total. The molecule has 106 valence electrons. The van der Waals surface area contributed by atoms with E-state index in [9.17, 15) is 0 Å². The molecular formula is C15H16BrNO2S. The van der Waals surface area contributed by atoms with Gasteiger partial charge in [0.25, 0.3) is 0 Å². The maximum Gasteiger partial charge on any atom is 0.161 e. The first-order valence-corrected chi connectivity index (χ1v) is 8.32. The van der Waals surface area contributed by atoms with E-state index < -0.39 is 0 Å². The number of rotatable bonds is 4. The van der Waals surface area contributed by atoms with Crippen LogP contribution in [0.2, 0.25) is 0 Å². The van der Waals surface area contributed by atoms with Crippen molar-refractivity contribution >= 4 is 27.3 Å². The summed E-state index contributed by atoms with van der Waals surface area (Å²) < 4.78 is 12.4. The van der Waals surface area contributed by atoms with Crippen molar-refractivity contribution in [1.82, 2.24) is 5.32 Å². The molecule has 1 aromatic carbocycles. The van der Waals surface area contributed by atoms with Crippen LogP contribution in [0.15, 0.2) is 34.1 Å². The van der Waals surface area contributed by atoms with Crippen LogP contribution in [0.4, 0.5) is 0 Å². The summed E-state index contributed by atoms with van der Waals surface area (Å²) in [4.78, 5) is 1.28. The van der Waals surface area contributed by atoms with Crippen LogP contribution >= 0.6 is 27.3 Å². The molecule has 1 unspecified atom stereocenters. The summed E-state index contributed by atoms with van der Waals surface area (Å²) in [7, 11) is 0. The molecule has 0 aliphatic carbocycles. The zero-order valence-electron chi connectivity index (χ0n) is 11.2. The van der Waals surface area contributed by atoms with Gasteiger partial charge in [0.15, 0.2) is 11.5 Å². The van der Waals surface area contributed by atoms with E-state index >= 15 is 0 Å². The van der Waals surface area contributed by atoms with E-state index in [1.165, 1.54) is 10.4 Å². The van der Waals surface area contributed by atoms with Gasteiger partial charge in [0, 0.05) is 9.35 Å². The molecule has 2 heterocycles. The monoisotopic (exact) mass is 353 g/mol. The lowest BCUT2D eigenvalue weighted by molar-refractivity contribution is 0.171. The van der Waals surface area contributed by atoms with Crippen molar-refractivity contribution in [1.29, 1.82) is 0 Å². The molecule has 1 N–H and O–H groups in total. The van der Waals surface area contributed by atoms with E-state index in [0.29, 0.717) is 13.2 Å². The number of fused-ring (bicyclic) bond motifs is 1. The molecule has 0 saturated carbocycles. The van der Waals surface area contributed by atoms with E-state index in [0.717, 1.165) is 22.5 Å². The largest absolute Gasteiger partial charge is 0.486 e. The molecule has 0 saturated heterocycles. The van der Waals surface area contributed by atoms with Crippen LogP contribution < -0.4 is 14.8 Å². The van der Waals surface area contributed by atoms with Crippen molar-refractivity contribution in [2.75, 3.05) is 19.8 Å². The summed E-state index contributed by atoms with van der Waals surface area (Å²) in [6.07, 6.45) is 0. The minimum Gasteiger partial charge on any atom is -0.486 e. The molecular weight excluding hydrogens is 338 g/mol. The van der Waals surface area contributed by atoms with Gasteiger partial charge in [0.2, 0.25) is 0 Å². The van der Waals surface area contributed by atoms with Crippen LogP contribution in [0.3, 0.4) is 0 Å². The first kappa shape index (κ1) is 13.9. The maximum atomic E-state index is 5.68. The lowest BCUT2D eigenvalue weighted by atomic mass is 10.0. The highest BCUT2D eigenvalue weighted by Gasteiger charge is 2.20. The molecule has 3 rings (SSSR count). The average Bonchev–Trinajstić information content (AvgIpc) is 2.90. The average molecular weight is 354 g/mol. The number of benzene rings is 1. The van der Waals surface area contributed by atoms with Crippen molar-refractivity contribution in [2.45, 2.75) is 13.0 Å². The molecule has 5 heteroatoms. The first-order valence-electron chi connectivity index (χ1n) is 6.65. The van der Waals surface area contributed by atoms with Gasteiger partial charge < -0.3 is 14.8 Å². The number of halogens is 1. The Morgan fingerprint density at radius 1 is 1.25 bits per heavy atom. The Balaban J connectivity index is 1.97. The molecule has 0 bridgehead atoms. The van der Waals surface area contributed by atoms with Gasteiger partial charge in [0.1, 0.15) is 13.2 Å². The molecule has 1 aliphatic heterocycles. The van der Waals surface area contributed by atoms with Gasteiger partial charge in [0.05, 0.1) is 6.04 Å². The van der Waals surface area contributed by atoms with E-state index in [-0.39, 0.29) is 6.04 Å². The SMILES string of the molecule is CCNC(c1ccc2c(c1)OCCO2)c1sccc1Br. The topological polar surface area (TPSA) is 30.5 Å². The molecule has 0 radical (unpaired) electrons. The van der Waals surface area contributed by atoms with Crippen LogP contribution in [0.1, 0.15) is 23.4 Å². The Labute approximate surface area is 131 Å². The lowest BCUT2D eigenvalue weighted by Gasteiger charge is -2.22. The fraction of sp³-hybridized carbons (Fsp3) is 0.333. The van der Waals surface area contributed by atoms with Gasteiger partial charge in [-0.2, -0.15) is 0 Å². The van der Waals surface area contributed by atoms with E-state index in [1.807, 2.05) is 6.07 Å². The Kier molecular flexibility index (Phi) is 4.29. The number of nitrogens with one attached hydrogen (secondary N) is 1. The Hall–Kier alpha value is -1.04. The second-order valence-electron chi connectivity index (χ2n) is 4.53. The highest BCUT2D eigenvalue weighted by Crippen LogP contribution is 2.37. The minimum atomic E-state index is 0.171. The van der Waals surface area contributed by atoms with Gasteiger partial charge in [-0.3, -0.25) is 0 Å². The second kappa shape index (κ2) is 6.16. The zero-order valence-corrected chi connectivity index (χ0v) is 13.6. The minimum absolute atomic E-state index is 0.171. The van der Waals surface area contributed by atoms with Crippen LogP contribution in [0, 0.1) is 0 Å². The van der Waals surface area contributed by atoms with Gasteiger partial charge >= 0.3 is 0 Å². The van der Waals surface area contributed by atoms with E-state index in [4.69, 9.17) is 9.47 Å². The number of thiophene rings is 1. The third kappa shape index (κ3) is 2.71. The predicted molar refractivity (Wildman–Crippen MR) is 85.0 cm³/mol. The van der Waals surface area contributed by atoms with Crippen LogP contribution in [0.25, 0.3) is 0 Å². The Bertz CT molecular complexity index is 599. The van der Waals surface area contributed by atoms with Crippen LogP contribution in [-0.2, 0) is 0 Å². The van der Waals surface area contributed by atoms with Crippen molar-refractivity contribution < 1.29 is 9.47 Å². The molecule has 1 atom stereocenters. The summed E-state index contributed by atoms with van der Waals surface area (Å²) >= 11 is 5.37. The van der Waals surface area contributed by atoms with Crippen molar-refractivity contribution in [3.63, 3.8) is 0 Å². The third-order valence-corrected chi connectivity index (χ3v) is 5.15. The molecule has 0 amide bonds. The zero-order chi connectivity index (χ0) is 13.9. The molecule has 0 fully saturated rings. The summed E-state index contributed by atoms with van der Waals surface area (Å²) in [5.41, 5.74) is 1.19. The van der Waals surface area contributed by atoms with Crippen molar-refractivity contribution in [3.05, 3.63) is 44.6 Å². The Morgan fingerprint density at radius 2 is 2.05 bits per heavy atom. The number of ether oxygens (including phenoxy) is 2. The second-order valence-corrected chi connectivity index (χ2v) is 6.33. The van der Waals surface area contributed by atoms with Crippen LogP contribution in [0.5, 0.6) is 11.5 Å². The standard InChI is InChI=1S/C15H16BrNO2S/c1-2-17-14(15-11(16)5-8-20-15)10-3-4-12-13(9-10)19-7-6-18-12/h3-5,8-9,14,17H,2,6-7H2,1H3. The Morgan fingerprint density at radius 3 is 2.75 bits per heavy atom. The fourth-order valence-corrected chi connectivity index (χ4v) is 4.02. The van der Waals surface area contributed by atoms with Gasteiger partial charge in [-0.15, -0.1) is 11.3 Å². The van der Waals surface area contributed by atoms with Gasteiger partial charge in [-0.05, 0) is 51.6 Å². The van der Waals surface area contributed by atoms with E-state index in [1.54, 1.807) is 11.3 Å².